The summed E-state index contributed by atoms with van der Waals surface area (Å²) in [4.78, 5) is 19.7. The molecule has 2 heterocycles. The maximum atomic E-state index is 4.59. The van der Waals surface area contributed by atoms with Crippen LogP contribution < -0.4 is 0 Å². The highest BCUT2D eigenvalue weighted by Gasteiger charge is 2.03. The second kappa shape index (κ2) is 15.5. The molecule has 2 aromatic heterocycles. The van der Waals surface area contributed by atoms with Crippen molar-refractivity contribution in [2.45, 2.75) is 45.4 Å². The lowest BCUT2D eigenvalue weighted by molar-refractivity contribution is 0.282. The number of unbranched alkanes of at least 4 members (excludes halogenated alkanes) is 5. The smallest absolute Gasteiger partial charge is 0.0517 e. The van der Waals surface area contributed by atoms with Crippen LogP contribution in [0, 0.1) is 0 Å². The molecule has 5 nitrogen and oxygen atoms in total. The molecule has 0 spiro atoms. The van der Waals surface area contributed by atoms with Gasteiger partial charge in [0.25, 0.3) is 0 Å². The number of aliphatic imine (C=N–C) groups is 2. The van der Waals surface area contributed by atoms with E-state index in [0.717, 1.165) is 43.9 Å². The molecule has 0 saturated carbocycles. The van der Waals surface area contributed by atoms with E-state index in [4.69, 9.17) is 0 Å². The summed E-state index contributed by atoms with van der Waals surface area (Å²) in [6.07, 6.45) is 19.0. The molecule has 156 valence electrons. The van der Waals surface area contributed by atoms with Crippen molar-refractivity contribution in [3.63, 3.8) is 0 Å². The van der Waals surface area contributed by atoms with Gasteiger partial charge in [-0.15, -0.1) is 0 Å². The Kier molecular flexibility index (Phi) is 12.2. The number of aromatic nitrogens is 2. The summed E-state index contributed by atoms with van der Waals surface area (Å²) in [6.45, 7) is 6.96. The Morgan fingerprint density at radius 3 is 1.69 bits per heavy atom. The van der Waals surface area contributed by atoms with Crippen molar-refractivity contribution >= 4 is 12.4 Å². The maximum Gasteiger partial charge on any atom is 0.0517 e. The van der Waals surface area contributed by atoms with Crippen LogP contribution in [0.25, 0.3) is 0 Å². The fraction of sp³-hybridized carbons (Fsp3) is 0.500. The monoisotopic (exact) mass is 393 g/mol. The van der Waals surface area contributed by atoms with Crippen LogP contribution in [0.15, 0.2) is 59.0 Å². The summed E-state index contributed by atoms with van der Waals surface area (Å²) < 4.78 is 0. The van der Waals surface area contributed by atoms with Gasteiger partial charge in [-0.05, 0) is 48.4 Å². The molecule has 0 radical (unpaired) electrons. The first-order valence-electron chi connectivity index (χ1n) is 10.9. The molecule has 29 heavy (non-hydrogen) atoms. The van der Waals surface area contributed by atoms with Crippen LogP contribution in [0.1, 0.15) is 56.6 Å². The van der Waals surface area contributed by atoms with Gasteiger partial charge < -0.3 is 0 Å². The van der Waals surface area contributed by atoms with Gasteiger partial charge in [-0.3, -0.25) is 24.9 Å². The standard InChI is InChI=1S/C24H35N5/c1-2-3-4-5-6-7-18-29(19-16-27-21-23-8-12-25-13-9-23)20-17-28-22-24-10-14-26-15-11-24/h8-15,21-22H,2-7,16-20H2,1H3. The minimum Gasteiger partial charge on any atom is -0.300 e. The molecule has 0 bridgehead atoms. The Bertz CT molecular complexity index is 631. The van der Waals surface area contributed by atoms with Crippen molar-refractivity contribution in [3.05, 3.63) is 60.2 Å². The SMILES string of the molecule is CCCCCCCCN(CCN=Cc1ccncc1)CCN=Cc1ccncc1. The number of nitrogens with zero attached hydrogens (tertiary/aromatic N) is 5. The average Bonchev–Trinajstić information content (AvgIpc) is 2.77. The van der Waals surface area contributed by atoms with E-state index in [9.17, 15) is 0 Å². The molecule has 0 aliphatic heterocycles. The largest absolute Gasteiger partial charge is 0.300 e. The van der Waals surface area contributed by atoms with E-state index in [-0.39, 0.29) is 0 Å². The number of hydrogen-bond donors (Lipinski definition) is 0. The molecular formula is C24H35N5. The first kappa shape index (κ1) is 22.9. The summed E-state index contributed by atoms with van der Waals surface area (Å²) in [6, 6.07) is 7.91. The lowest BCUT2D eigenvalue weighted by atomic mass is 10.1. The van der Waals surface area contributed by atoms with Crippen molar-refractivity contribution in [3.8, 4) is 0 Å². The van der Waals surface area contributed by atoms with Crippen molar-refractivity contribution in [2.24, 2.45) is 9.98 Å². The van der Waals surface area contributed by atoms with Gasteiger partial charge in [0.15, 0.2) is 0 Å². The van der Waals surface area contributed by atoms with Crippen LogP contribution in [-0.4, -0.2) is 60.0 Å². The molecule has 0 aliphatic rings. The van der Waals surface area contributed by atoms with E-state index < -0.39 is 0 Å². The van der Waals surface area contributed by atoms with Gasteiger partial charge in [-0.25, -0.2) is 0 Å². The number of rotatable bonds is 15. The number of pyridine rings is 2. The van der Waals surface area contributed by atoms with Crippen molar-refractivity contribution in [1.82, 2.24) is 14.9 Å². The predicted octanol–water partition coefficient (Wildman–Crippen LogP) is 4.68. The third-order valence-corrected chi connectivity index (χ3v) is 4.81. The van der Waals surface area contributed by atoms with E-state index in [2.05, 4.69) is 31.8 Å². The predicted molar refractivity (Wildman–Crippen MR) is 123 cm³/mol. The minimum absolute atomic E-state index is 0.812. The first-order valence-corrected chi connectivity index (χ1v) is 10.9. The minimum atomic E-state index is 0.812. The van der Waals surface area contributed by atoms with Crippen LogP contribution >= 0.6 is 0 Å². The van der Waals surface area contributed by atoms with E-state index >= 15 is 0 Å². The first-order chi connectivity index (χ1) is 14.4. The van der Waals surface area contributed by atoms with Crippen LogP contribution in [-0.2, 0) is 0 Å². The zero-order valence-electron chi connectivity index (χ0n) is 17.8. The fourth-order valence-corrected chi connectivity index (χ4v) is 3.09. The van der Waals surface area contributed by atoms with Gasteiger partial charge in [0.05, 0.1) is 13.1 Å². The molecular weight excluding hydrogens is 358 g/mol. The summed E-state index contributed by atoms with van der Waals surface area (Å²) in [5.41, 5.74) is 2.20. The summed E-state index contributed by atoms with van der Waals surface area (Å²) >= 11 is 0. The van der Waals surface area contributed by atoms with Crippen LogP contribution in [0.2, 0.25) is 0 Å². The van der Waals surface area contributed by atoms with Crippen LogP contribution in [0.4, 0.5) is 0 Å². The van der Waals surface area contributed by atoms with Gasteiger partial charge in [-0.2, -0.15) is 0 Å². The second-order valence-electron chi connectivity index (χ2n) is 7.24. The van der Waals surface area contributed by atoms with Crippen LogP contribution in [0.3, 0.4) is 0 Å². The molecule has 0 aromatic carbocycles. The summed E-state index contributed by atoms with van der Waals surface area (Å²) in [7, 11) is 0. The normalized spacial score (nSPS) is 11.8. The molecule has 0 aliphatic carbocycles. The molecule has 0 amide bonds. The molecule has 0 unspecified atom stereocenters. The van der Waals surface area contributed by atoms with E-state index in [0.29, 0.717) is 0 Å². The third-order valence-electron chi connectivity index (χ3n) is 4.81. The Labute approximate surface area is 176 Å². The van der Waals surface area contributed by atoms with Gasteiger partial charge in [0.2, 0.25) is 0 Å². The molecule has 0 saturated heterocycles. The van der Waals surface area contributed by atoms with Crippen molar-refractivity contribution in [2.75, 3.05) is 32.7 Å². The average molecular weight is 394 g/mol. The third kappa shape index (κ3) is 11.3. The molecule has 2 aromatic rings. The fourth-order valence-electron chi connectivity index (χ4n) is 3.09. The zero-order chi connectivity index (χ0) is 20.4. The zero-order valence-corrected chi connectivity index (χ0v) is 17.8. The Hall–Kier alpha value is -2.40. The van der Waals surface area contributed by atoms with E-state index in [1.807, 2.05) is 36.7 Å². The van der Waals surface area contributed by atoms with E-state index in [1.54, 1.807) is 24.8 Å². The van der Waals surface area contributed by atoms with Gasteiger partial charge >= 0.3 is 0 Å². The lowest BCUT2D eigenvalue weighted by Crippen LogP contribution is -2.30. The second-order valence-corrected chi connectivity index (χ2v) is 7.24. The Morgan fingerprint density at radius 2 is 1.17 bits per heavy atom. The lowest BCUT2D eigenvalue weighted by Gasteiger charge is -2.20. The Balaban J connectivity index is 1.73. The van der Waals surface area contributed by atoms with E-state index in [1.165, 1.54) is 38.5 Å². The quantitative estimate of drug-likeness (QED) is 0.326. The molecule has 2 rings (SSSR count). The maximum absolute atomic E-state index is 4.59. The van der Waals surface area contributed by atoms with Gasteiger partial charge in [-0.1, -0.05) is 39.0 Å². The highest BCUT2D eigenvalue weighted by Crippen LogP contribution is 2.06. The Morgan fingerprint density at radius 1 is 0.690 bits per heavy atom. The highest BCUT2D eigenvalue weighted by atomic mass is 15.1. The van der Waals surface area contributed by atoms with Gasteiger partial charge in [0, 0.05) is 50.3 Å². The topological polar surface area (TPSA) is 53.7 Å². The molecule has 0 N–H and O–H groups in total. The number of hydrogen-bond acceptors (Lipinski definition) is 5. The van der Waals surface area contributed by atoms with Crippen molar-refractivity contribution in [1.29, 1.82) is 0 Å². The summed E-state index contributed by atoms with van der Waals surface area (Å²) in [5, 5.41) is 0. The summed E-state index contributed by atoms with van der Waals surface area (Å²) in [5.74, 6) is 0. The molecule has 0 atom stereocenters. The van der Waals surface area contributed by atoms with Crippen molar-refractivity contribution < 1.29 is 0 Å². The highest BCUT2D eigenvalue weighted by molar-refractivity contribution is 5.79. The molecule has 5 heteroatoms. The van der Waals surface area contributed by atoms with Crippen LogP contribution in [0.5, 0.6) is 0 Å². The molecule has 0 fully saturated rings. The van der Waals surface area contributed by atoms with Gasteiger partial charge in [0.1, 0.15) is 0 Å².